The average Bonchev–Trinajstić information content (AvgIpc) is 2.13. The molecule has 1 atom stereocenters. The molecule has 1 rings (SSSR count). The number of hydrogen-bond acceptors (Lipinski definition) is 1. The van der Waals surface area contributed by atoms with Gasteiger partial charge in [-0.25, -0.2) is 0 Å². The van der Waals surface area contributed by atoms with Crippen molar-refractivity contribution in [1.82, 2.24) is 0 Å². The maximum absolute atomic E-state index is 12.7. The molecule has 1 unspecified atom stereocenters. The average molecular weight is 287 g/mol. The maximum atomic E-state index is 12.7. The fourth-order valence-corrected chi connectivity index (χ4v) is 2.06. The molecule has 0 saturated heterocycles. The largest absolute Gasteiger partial charge is 0.481 e. The first-order valence-electron chi connectivity index (χ1n) is 4.46. The fourth-order valence-electron chi connectivity index (χ4n) is 1.40. The Morgan fingerprint density at radius 3 is 2.12 bits per heavy atom. The van der Waals surface area contributed by atoms with Gasteiger partial charge in [-0.1, -0.05) is 29.3 Å². The quantitative estimate of drug-likeness (QED) is 0.908. The third-order valence-corrected chi connectivity index (χ3v) is 2.78. The molecule has 0 bridgehead atoms. The summed E-state index contributed by atoms with van der Waals surface area (Å²) in [6.45, 7) is 0. The maximum Gasteiger partial charge on any atom is 0.396 e. The zero-order chi connectivity index (χ0) is 13.2. The van der Waals surface area contributed by atoms with Crippen molar-refractivity contribution in [2.45, 2.75) is 18.5 Å². The van der Waals surface area contributed by atoms with Gasteiger partial charge in [-0.15, -0.1) is 0 Å². The molecule has 0 fully saturated rings. The summed E-state index contributed by atoms with van der Waals surface area (Å²) in [7, 11) is 0. The van der Waals surface area contributed by atoms with Gasteiger partial charge in [0.1, 0.15) is 0 Å². The lowest BCUT2D eigenvalue weighted by molar-refractivity contribution is -0.163. The van der Waals surface area contributed by atoms with Crippen LogP contribution in [0.15, 0.2) is 18.2 Å². The van der Waals surface area contributed by atoms with Crippen molar-refractivity contribution in [3.8, 4) is 0 Å². The van der Waals surface area contributed by atoms with Gasteiger partial charge in [-0.05, 0) is 12.1 Å². The monoisotopic (exact) mass is 286 g/mol. The van der Waals surface area contributed by atoms with Crippen LogP contribution < -0.4 is 0 Å². The van der Waals surface area contributed by atoms with Crippen LogP contribution >= 0.6 is 23.2 Å². The number of rotatable bonds is 3. The van der Waals surface area contributed by atoms with Crippen molar-refractivity contribution in [1.29, 1.82) is 0 Å². The van der Waals surface area contributed by atoms with E-state index < -0.39 is 30.0 Å². The molecule has 7 heteroatoms. The lowest BCUT2D eigenvalue weighted by Gasteiger charge is -2.21. The lowest BCUT2D eigenvalue weighted by Crippen LogP contribution is -2.24. The number of hydrogen-bond donors (Lipinski definition) is 1. The van der Waals surface area contributed by atoms with E-state index in [1.165, 1.54) is 18.2 Å². The van der Waals surface area contributed by atoms with E-state index in [4.69, 9.17) is 28.3 Å². The number of benzene rings is 1. The standard InChI is InChI=1S/C10H7Cl2F3O2/c11-6-2-1-3-7(12)9(6)5(4-8(16)17)10(13,14)15/h1-3,5H,4H2,(H,16,17). The minimum Gasteiger partial charge on any atom is -0.481 e. The van der Waals surface area contributed by atoms with Gasteiger partial charge in [0.15, 0.2) is 0 Å². The van der Waals surface area contributed by atoms with Gasteiger partial charge < -0.3 is 5.11 Å². The Hall–Kier alpha value is -0.940. The molecule has 1 aromatic rings. The summed E-state index contributed by atoms with van der Waals surface area (Å²) in [4.78, 5) is 10.5. The van der Waals surface area contributed by atoms with Crippen LogP contribution in [0.25, 0.3) is 0 Å². The molecule has 2 nitrogen and oxygen atoms in total. The van der Waals surface area contributed by atoms with Gasteiger partial charge in [0.05, 0.1) is 12.3 Å². The fraction of sp³-hybridized carbons (Fsp3) is 0.300. The molecule has 0 radical (unpaired) electrons. The number of carboxylic acid groups (broad SMARTS) is 1. The highest BCUT2D eigenvalue weighted by Crippen LogP contribution is 2.43. The number of carbonyl (C=O) groups is 1. The number of halogens is 5. The Kier molecular flexibility index (Phi) is 4.27. The molecule has 0 heterocycles. The van der Waals surface area contributed by atoms with Crippen LogP contribution in [0.3, 0.4) is 0 Å². The van der Waals surface area contributed by atoms with E-state index in [0.29, 0.717) is 0 Å². The first-order chi connectivity index (χ1) is 7.73. The van der Waals surface area contributed by atoms with Gasteiger partial charge >= 0.3 is 12.1 Å². The van der Waals surface area contributed by atoms with Gasteiger partial charge in [-0.2, -0.15) is 13.2 Å². The minimum absolute atomic E-state index is 0.193. The van der Waals surface area contributed by atoms with Crippen molar-refractivity contribution < 1.29 is 23.1 Å². The van der Waals surface area contributed by atoms with Crippen LogP contribution in [0.2, 0.25) is 10.0 Å². The predicted molar refractivity (Wildman–Crippen MR) is 57.5 cm³/mol. The Bertz CT molecular complexity index is 412. The molecular weight excluding hydrogens is 280 g/mol. The normalized spacial score (nSPS) is 13.5. The molecule has 0 saturated carbocycles. The van der Waals surface area contributed by atoms with Crippen molar-refractivity contribution >= 4 is 29.2 Å². The zero-order valence-electron chi connectivity index (χ0n) is 8.26. The summed E-state index contributed by atoms with van der Waals surface area (Å²) < 4.78 is 38.2. The van der Waals surface area contributed by atoms with Crippen molar-refractivity contribution in [2.24, 2.45) is 0 Å². The van der Waals surface area contributed by atoms with Crippen molar-refractivity contribution in [3.63, 3.8) is 0 Å². The highest BCUT2D eigenvalue weighted by atomic mass is 35.5. The van der Waals surface area contributed by atoms with E-state index in [2.05, 4.69) is 0 Å². The lowest BCUT2D eigenvalue weighted by atomic mass is 9.95. The van der Waals surface area contributed by atoms with E-state index in [0.717, 1.165) is 0 Å². The van der Waals surface area contributed by atoms with E-state index in [-0.39, 0.29) is 10.0 Å². The third-order valence-electron chi connectivity index (χ3n) is 2.12. The van der Waals surface area contributed by atoms with E-state index in [1.54, 1.807) is 0 Å². The summed E-state index contributed by atoms with van der Waals surface area (Å²) in [5, 5.41) is 8.12. The van der Waals surface area contributed by atoms with Gasteiger partial charge in [0, 0.05) is 15.6 Å². The van der Waals surface area contributed by atoms with Gasteiger partial charge in [0.25, 0.3) is 0 Å². The Morgan fingerprint density at radius 2 is 1.76 bits per heavy atom. The van der Waals surface area contributed by atoms with Crippen LogP contribution in [0.1, 0.15) is 17.9 Å². The molecule has 1 N–H and O–H groups in total. The molecule has 0 spiro atoms. The number of alkyl halides is 3. The van der Waals surface area contributed by atoms with E-state index >= 15 is 0 Å². The molecule has 0 aromatic heterocycles. The topological polar surface area (TPSA) is 37.3 Å². The zero-order valence-corrected chi connectivity index (χ0v) is 9.77. The summed E-state index contributed by atoms with van der Waals surface area (Å²) in [6.07, 6.45) is -5.82. The molecule has 1 aromatic carbocycles. The predicted octanol–water partition coefficient (Wildman–Crippen LogP) is 4.11. The first kappa shape index (κ1) is 14.1. The van der Waals surface area contributed by atoms with Crippen LogP contribution in [-0.4, -0.2) is 17.3 Å². The van der Waals surface area contributed by atoms with Crippen LogP contribution in [-0.2, 0) is 4.79 Å². The second-order valence-electron chi connectivity index (χ2n) is 3.33. The molecular formula is C10H7Cl2F3O2. The van der Waals surface area contributed by atoms with Crippen molar-refractivity contribution in [2.75, 3.05) is 0 Å². The van der Waals surface area contributed by atoms with E-state index in [1.807, 2.05) is 0 Å². The SMILES string of the molecule is O=C(O)CC(c1c(Cl)cccc1Cl)C(F)(F)F. The van der Waals surface area contributed by atoms with Gasteiger partial charge in [-0.3, -0.25) is 4.79 Å². The van der Waals surface area contributed by atoms with E-state index in [9.17, 15) is 18.0 Å². The first-order valence-corrected chi connectivity index (χ1v) is 5.21. The smallest absolute Gasteiger partial charge is 0.396 e. The highest BCUT2D eigenvalue weighted by Gasteiger charge is 2.43. The summed E-state index contributed by atoms with van der Waals surface area (Å²) in [5.74, 6) is -3.77. The third kappa shape index (κ3) is 3.51. The van der Waals surface area contributed by atoms with Crippen LogP contribution in [0.5, 0.6) is 0 Å². The summed E-state index contributed by atoms with van der Waals surface area (Å²) in [5.41, 5.74) is -0.397. The second kappa shape index (κ2) is 5.14. The Labute approximate surface area is 105 Å². The summed E-state index contributed by atoms with van der Waals surface area (Å²) >= 11 is 11.3. The molecule has 94 valence electrons. The second-order valence-corrected chi connectivity index (χ2v) is 4.14. The van der Waals surface area contributed by atoms with Crippen LogP contribution in [0, 0.1) is 0 Å². The minimum atomic E-state index is -4.72. The highest BCUT2D eigenvalue weighted by molar-refractivity contribution is 6.36. The van der Waals surface area contributed by atoms with Gasteiger partial charge in [0.2, 0.25) is 0 Å². The molecule has 0 aliphatic rings. The van der Waals surface area contributed by atoms with Crippen molar-refractivity contribution in [3.05, 3.63) is 33.8 Å². The molecule has 0 aliphatic heterocycles. The molecule has 0 aliphatic carbocycles. The number of aliphatic carboxylic acids is 1. The van der Waals surface area contributed by atoms with Crippen LogP contribution in [0.4, 0.5) is 13.2 Å². The molecule has 0 amide bonds. The summed E-state index contributed by atoms with van der Waals surface area (Å²) in [6, 6.07) is 3.87. The molecule has 17 heavy (non-hydrogen) atoms. The number of carboxylic acids is 1. The Balaban J connectivity index is 3.27. The Morgan fingerprint density at radius 1 is 1.29 bits per heavy atom.